The lowest BCUT2D eigenvalue weighted by atomic mass is 10.1. The van der Waals surface area contributed by atoms with Crippen molar-refractivity contribution in [2.45, 2.75) is 32.1 Å². The molecule has 26 heavy (non-hydrogen) atoms. The number of para-hydroxylation sites is 2. The van der Waals surface area contributed by atoms with Crippen LogP contribution in [0.2, 0.25) is 0 Å². The minimum absolute atomic E-state index is 0.0419. The largest absolute Gasteiger partial charge is 0.289 e. The van der Waals surface area contributed by atoms with E-state index in [1.54, 1.807) is 10.4 Å². The highest BCUT2D eigenvalue weighted by molar-refractivity contribution is 6.06. The summed E-state index contributed by atoms with van der Waals surface area (Å²) in [6.07, 6.45) is 6.85. The zero-order valence-corrected chi connectivity index (χ0v) is 14.5. The fourth-order valence-electron chi connectivity index (χ4n) is 3.15. The van der Waals surface area contributed by atoms with E-state index in [1.165, 1.54) is 0 Å². The van der Waals surface area contributed by atoms with E-state index >= 15 is 0 Å². The van der Waals surface area contributed by atoms with Crippen molar-refractivity contribution >= 4 is 35.3 Å². The summed E-state index contributed by atoms with van der Waals surface area (Å²) in [6, 6.07) is 15.7. The summed E-state index contributed by atoms with van der Waals surface area (Å²) in [5, 5.41) is 8.50. The van der Waals surface area contributed by atoms with E-state index in [9.17, 15) is 9.59 Å². The first-order valence-corrected chi connectivity index (χ1v) is 8.83. The Morgan fingerprint density at radius 2 is 1.35 bits per heavy atom. The van der Waals surface area contributed by atoms with Crippen LogP contribution in [0.3, 0.4) is 0 Å². The second-order valence-corrected chi connectivity index (χ2v) is 6.28. The smallest absolute Gasteiger partial charge is 0.243 e. The Labute approximate surface area is 152 Å². The minimum Gasteiger partial charge on any atom is -0.289 e. The van der Waals surface area contributed by atoms with Gasteiger partial charge in [0.15, 0.2) is 0 Å². The number of rotatable bonds is 6. The highest BCUT2D eigenvalue weighted by atomic mass is 16.5. The lowest BCUT2D eigenvalue weighted by molar-refractivity contribution is -0.129. The Hall–Kier alpha value is -2.92. The molecule has 0 aliphatic carbocycles. The highest BCUT2D eigenvalue weighted by Crippen LogP contribution is 2.36. The molecule has 134 valence electrons. The van der Waals surface area contributed by atoms with Crippen molar-refractivity contribution < 1.29 is 14.8 Å². The molecule has 0 unspecified atom stereocenters. The first kappa shape index (κ1) is 17.9. The summed E-state index contributed by atoms with van der Waals surface area (Å²) in [7, 11) is 0. The number of unbranched alkanes of at least 4 members (excludes halogenated alkanes) is 2. The second-order valence-electron chi connectivity index (χ2n) is 6.28. The van der Waals surface area contributed by atoms with Crippen LogP contribution in [-0.2, 0) is 9.59 Å². The topological polar surface area (TPSA) is 69.6 Å². The number of carbonyl (C=O) groups is 2. The van der Waals surface area contributed by atoms with Gasteiger partial charge in [0.1, 0.15) is 0 Å². The number of benzene rings is 2. The molecule has 0 aromatic heterocycles. The van der Waals surface area contributed by atoms with Crippen LogP contribution in [0.1, 0.15) is 43.2 Å². The van der Waals surface area contributed by atoms with Crippen molar-refractivity contribution in [1.29, 1.82) is 0 Å². The molecular weight excluding hydrogens is 328 g/mol. The maximum atomic E-state index is 13.0. The Bertz CT molecular complexity index is 780. The molecule has 0 saturated heterocycles. The number of nitrogens with zero attached hydrogens (tertiary/aromatic N) is 1. The van der Waals surface area contributed by atoms with E-state index in [0.717, 1.165) is 28.9 Å². The molecule has 0 saturated carbocycles. The normalized spacial score (nSPS) is 12.1. The molecule has 0 bridgehead atoms. The number of hydrogen-bond donors (Lipinski definition) is 2. The van der Waals surface area contributed by atoms with Crippen molar-refractivity contribution in [3.63, 3.8) is 0 Å². The quantitative estimate of drug-likeness (QED) is 0.464. The molecule has 0 fully saturated rings. The molecule has 2 aromatic carbocycles. The molecule has 2 amide bonds. The van der Waals surface area contributed by atoms with Gasteiger partial charge in [0, 0.05) is 12.8 Å². The van der Waals surface area contributed by atoms with Gasteiger partial charge in [-0.3, -0.25) is 19.7 Å². The van der Waals surface area contributed by atoms with E-state index < -0.39 is 5.91 Å². The fourth-order valence-corrected chi connectivity index (χ4v) is 3.15. The molecular formula is C21H22N2O3. The number of nitrogens with one attached hydrogen (secondary N) is 1. The molecule has 1 aliphatic rings. The average molecular weight is 350 g/mol. The molecule has 3 rings (SSSR count). The minimum atomic E-state index is -0.391. The molecule has 1 aliphatic heterocycles. The third-order valence-corrected chi connectivity index (χ3v) is 4.47. The number of hydrogen-bond acceptors (Lipinski definition) is 3. The van der Waals surface area contributed by atoms with Crippen molar-refractivity contribution in [3.05, 3.63) is 59.7 Å². The van der Waals surface area contributed by atoms with Crippen LogP contribution in [-0.4, -0.2) is 17.0 Å². The summed E-state index contributed by atoms with van der Waals surface area (Å²) in [5.74, 6) is -0.349. The first-order chi connectivity index (χ1) is 12.7. The molecule has 0 spiro atoms. The molecule has 5 heteroatoms. The van der Waals surface area contributed by atoms with Gasteiger partial charge in [-0.25, -0.2) is 5.48 Å². The number of anilines is 2. The van der Waals surface area contributed by atoms with Crippen LogP contribution < -0.4 is 10.4 Å². The predicted molar refractivity (Wildman–Crippen MR) is 102 cm³/mol. The number of carbonyl (C=O) groups excluding carboxylic acids is 2. The third kappa shape index (κ3) is 4.00. The van der Waals surface area contributed by atoms with Crippen LogP contribution >= 0.6 is 0 Å². The molecule has 5 nitrogen and oxygen atoms in total. The maximum Gasteiger partial charge on any atom is 0.243 e. The van der Waals surface area contributed by atoms with Gasteiger partial charge in [0.05, 0.1) is 11.4 Å². The van der Waals surface area contributed by atoms with E-state index in [-0.39, 0.29) is 12.3 Å². The number of fused-ring (bicyclic) bond motifs is 2. The van der Waals surface area contributed by atoms with E-state index in [2.05, 4.69) is 0 Å². The summed E-state index contributed by atoms with van der Waals surface area (Å²) in [6.45, 7) is 0. The SMILES string of the molecule is O=C(CCCCCC(=O)N1c2ccccc2C=Cc2ccccc21)NO. The molecule has 2 N–H and O–H groups in total. The van der Waals surface area contributed by atoms with Crippen LogP contribution in [0.25, 0.3) is 12.2 Å². The Morgan fingerprint density at radius 3 is 1.92 bits per heavy atom. The van der Waals surface area contributed by atoms with Crippen molar-refractivity contribution in [3.8, 4) is 0 Å². The van der Waals surface area contributed by atoms with Gasteiger partial charge < -0.3 is 0 Å². The molecule has 0 radical (unpaired) electrons. The van der Waals surface area contributed by atoms with Gasteiger partial charge in [-0.1, -0.05) is 55.0 Å². The lowest BCUT2D eigenvalue weighted by Gasteiger charge is -2.25. The summed E-state index contributed by atoms with van der Waals surface area (Å²) in [5.41, 5.74) is 5.42. The van der Waals surface area contributed by atoms with E-state index in [4.69, 9.17) is 5.21 Å². The lowest BCUT2D eigenvalue weighted by Crippen LogP contribution is -2.26. The molecule has 2 aromatic rings. The average Bonchev–Trinajstić information content (AvgIpc) is 2.84. The molecule has 1 heterocycles. The van der Waals surface area contributed by atoms with Gasteiger partial charge in [-0.15, -0.1) is 0 Å². The van der Waals surface area contributed by atoms with Crippen LogP contribution in [0.5, 0.6) is 0 Å². The summed E-state index contributed by atoms with van der Waals surface area (Å²) in [4.78, 5) is 25.8. The number of hydroxylamine groups is 1. The monoisotopic (exact) mass is 350 g/mol. The van der Waals surface area contributed by atoms with Crippen molar-refractivity contribution in [2.24, 2.45) is 0 Å². The zero-order valence-electron chi connectivity index (χ0n) is 14.5. The second kappa shape index (κ2) is 8.45. The van der Waals surface area contributed by atoms with Crippen molar-refractivity contribution in [1.82, 2.24) is 5.48 Å². The van der Waals surface area contributed by atoms with Crippen LogP contribution in [0.4, 0.5) is 11.4 Å². The predicted octanol–water partition coefficient (Wildman–Crippen LogP) is 4.29. The third-order valence-electron chi connectivity index (χ3n) is 4.47. The van der Waals surface area contributed by atoms with Crippen molar-refractivity contribution in [2.75, 3.05) is 4.90 Å². The van der Waals surface area contributed by atoms with Gasteiger partial charge in [0.25, 0.3) is 0 Å². The Balaban J connectivity index is 1.75. The standard InChI is InChI=1S/C21H22N2O3/c24-20(22-26)12-2-1-3-13-21(25)23-18-10-6-4-8-16(18)14-15-17-9-5-7-11-19(17)23/h4-11,14-15,26H,1-3,12-13H2,(H,22,24). The van der Waals surface area contributed by atoms with Crippen LogP contribution in [0.15, 0.2) is 48.5 Å². The Morgan fingerprint density at radius 1 is 0.808 bits per heavy atom. The van der Waals surface area contributed by atoms with Gasteiger partial charge in [0.2, 0.25) is 11.8 Å². The summed E-state index contributed by atoms with van der Waals surface area (Å²) >= 11 is 0. The van der Waals surface area contributed by atoms with Crippen LogP contribution in [0, 0.1) is 0 Å². The Kier molecular flexibility index (Phi) is 5.81. The van der Waals surface area contributed by atoms with Gasteiger partial charge in [-0.05, 0) is 36.1 Å². The maximum absolute atomic E-state index is 13.0. The van der Waals surface area contributed by atoms with E-state index in [0.29, 0.717) is 19.3 Å². The fraction of sp³-hybridized carbons (Fsp3) is 0.238. The summed E-state index contributed by atoms with van der Waals surface area (Å²) < 4.78 is 0. The van der Waals surface area contributed by atoms with Gasteiger partial charge >= 0.3 is 0 Å². The number of amides is 2. The molecule has 0 atom stereocenters. The zero-order chi connectivity index (χ0) is 18.4. The van der Waals surface area contributed by atoms with Gasteiger partial charge in [-0.2, -0.15) is 0 Å². The first-order valence-electron chi connectivity index (χ1n) is 8.83. The van der Waals surface area contributed by atoms with E-state index in [1.807, 2.05) is 60.7 Å². The highest BCUT2D eigenvalue weighted by Gasteiger charge is 2.23.